The summed E-state index contributed by atoms with van der Waals surface area (Å²) in [5, 5.41) is 12.9. The van der Waals surface area contributed by atoms with E-state index in [1.54, 1.807) is 17.7 Å². The van der Waals surface area contributed by atoms with Crippen LogP contribution in [0.15, 0.2) is 6.33 Å². The topological polar surface area (TPSA) is 75.1 Å². The average molecular weight is 277 g/mol. The Morgan fingerprint density at radius 1 is 1.37 bits per heavy atom. The van der Waals surface area contributed by atoms with Crippen LogP contribution >= 0.6 is 11.3 Å². The molecule has 0 saturated carbocycles. The summed E-state index contributed by atoms with van der Waals surface area (Å²) in [4.78, 5) is 21.6. The van der Waals surface area contributed by atoms with Crippen molar-refractivity contribution in [2.75, 3.05) is 11.9 Å². The fraction of sp³-hybridized carbons (Fsp3) is 0.462. The summed E-state index contributed by atoms with van der Waals surface area (Å²) in [5.74, 6) is -0.0178. The van der Waals surface area contributed by atoms with E-state index in [0.717, 1.165) is 28.9 Å². The van der Waals surface area contributed by atoms with Crippen molar-refractivity contribution >= 4 is 33.3 Å². The number of carboxylic acid groups (broad SMARTS) is 1. The van der Waals surface area contributed by atoms with Crippen LogP contribution in [-0.4, -0.2) is 27.6 Å². The predicted molar refractivity (Wildman–Crippen MR) is 74.8 cm³/mol. The molecule has 0 aromatic carbocycles. The quantitative estimate of drug-likeness (QED) is 0.898. The summed E-state index contributed by atoms with van der Waals surface area (Å²) in [5.41, 5.74) is 1.37. The van der Waals surface area contributed by atoms with Gasteiger partial charge in [0.1, 0.15) is 17.0 Å². The second kappa shape index (κ2) is 5.13. The van der Waals surface area contributed by atoms with Crippen LogP contribution in [0.5, 0.6) is 0 Å². The van der Waals surface area contributed by atoms with Gasteiger partial charge in [0.2, 0.25) is 0 Å². The SMILES string of the molecule is O=C(O)CCNc1ncnc2sc3c(c12)CCCC3. The van der Waals surface area contributed by atoms with Crippen LogP contribution in [0.4, 0.5) is 5.82 Å². The summed E-state index contributed by atoms with van der Waals surface area (Å²) >= 11 is 1.75. The number of aromatic nitrogens is 2. The Kier molecular flexibility index (Phi) is 3.33. The third kappa shape index (κ3) is 2.40. The number of hydrogen-bond donors (Lipinski definition) is 2. The van der Waals surface area contributed by atoms with Crippen LogP contribution in [0.2, 0.25) is 0 Å². The van der Waals surface area contributed by atoms with E-state index in [0.29, 0.717) is 6.54 Å². The molecule has 2 aromatic rings. The van der Waals surface area contributed by atoms with Crippen LogP contribution in [0.1, 0.15) is 29.7 Å². The van der Waals surface area contributed by atoms with E-state index in [1.165, 1.54) is 23.3 Å². The van der Waals surface area contributed by atoms with Crippen molar-refractivity contribution in [3.8, 4) is 0 Å². The van der Waals surface area contributed by atoms with Gasteiger partial charge in [0.15, 0.2) is 0 Å². The van der Waals surface area contributed by atoms with Crippen molar-refractivity contribution < 1.29 is 9.90 Å². The lowest BCUT2D eigenvalue weighted by Crippen LogP contribution is -2.09. The van der Waals surface area contributed by atoms with E-state index in [9.17, 15) is 4.79 Å². The minimum atomic E-state index is -0.801. The van der Waals surface area contributed by atoms with E-state index < -0.39 is 5.97 Å². The molecule has 2 aromatic heterocycles. The molecule has 19 heavy (non-hydrogen) atoms. The standard InChI is InChI=1S/C13H15N3O2S/c17-10(18)5-6-14-12-11-8-3-1-2-4-9(8)19-13(11)16-7-15-12/h7H,1-6H2,(H,17,18)(H,14,15,16). The number of rotatable bonds is 4. The average Bonchev–Trinajstić information content (AvgIpc) is 2.77. The smallest absolute Gasteiger partial charge is 0.305 e. The Morgan fingerprint density at radius 3 is 3.05 bits per heavy atom. The summed E-state index contributed by atoms with van der Waals surface area (Å²) in [7, 11) is 0. The number of nitrogens with zero attached hydrogens (tertiary/aromatic N) is 2. The van der Waals surface area contributed by atoms with E-state index in [4.69, 9.17) is 5.11 Å². The van der Waals surface area contributed by atoms with Crippen molar-refractivity contribution in [2.24, 2.45) is 0 Å². The number of fused-ring (bicyclic) bond motifs is 3. The van der Waals surface area contributed by atoms with Gasteiger partial charge >= 0.3 is 5.97 Å². The number of nitrogens with one attached hydrogen (secondary N) is 1. The number of hydrogen-bond acceptors (Lipinski definition) is 5. The highest BCUT2D eigenvalue weighted by Crippen LogP contribution is 2.37. The van der Waals surface area contributed by atoms with E-state index >= 15 is 0 Å². The Hall–Kier alpha value is -1.69. The first-order chi connectivity index (χ1) is 9.25. The van der Waals surface area contributed by atoms with Crippen molar-refractivity contribution in [1.82, 2.24) is 9.97 Å². The minimum Gasteiger partial charge on any atom is -0.481 e. The molecule has 0 saturated heterocycles. The molecule has 0 amide bonds. The first-order valence-corrected chi connectivity index (χ1v) is 7.28. The van der Waals surface area contributed by atoms with Crippen molar-refractivity contribution in [2.45, 2.75) is 32.1 Å². The van der Waals surface area contributed by atoms with Crippen LogP contribution in [0.3, 0.4) is 0 Å². The highest BCUT2D eigenvalue weighted by atomic mass is 32.1. The van der Waals surface area contributed by atoms with Gasteiger partial charge in [-0.25, -0.2) is 9.97 Å². The molecule has 6 heteroatoms. The first kappa shape index (κ1) is 12.3. The summed E-state index contributed by atoms with van der Waals surface area (Å²) in [6.45, 7) is 0.395. The molecule has 0 aliphatic heterocycles. The molecule has 0 spiro atoms. The number of carbonyl (C=O) groups is 1. The number of thiophene rings is 1. The molecular weight excluding hydrogens is 262 g/mol. The van der Waals surface area contributed by atoms with Crippen molar-refractivity contribution in [3.05, 3.63) is 16.8 Å². The summed E-state index contributed by atoms with van der Waals surface area (Å²) in [6, 6.07) is 0. The lowest BCUT2D eigenvalue weighted by Gasteiger charge is -2.12. The lowest BCUT2D eigenvalue weighted by atomic mass is 9.97. The van der Waals surface area contributed by atoms with Gasteiger partial charge in [0.25, 0.3) is 0 Å². The molecule has 2 heterocycles. The van der Waals surface area contributed by atoms with E-state index in [1.807, 2.05) is 0 Å². The summed E-state index contributed by atoms with van der Waals surface area (Å²) in [6.07, 6.45) is 6.31. The predicted octanol–water partition coefficient (Wildman–Crippen LogP) is 2.46. The highest BCUT2D eigenvalue weighted by molar-refractivity contribution is 7.19. The molecule has 0 fully saturated rings. The molecule has 0 atom stereocenters. The van der Waals surface area contributed by atoms with E-state index in [-0.39, 0.29) is 6.42 Å². The molecule has 0 radical (unpaired) electrons. The second-order valence-electron chi connectivity index (χ2n) is 4.68. The van der Waals surface area contributed by atoms with Crippen molar-refractivity contribution in [3.63, 3.8) is 0 Å². The third-order valence-electron chi connectivity index (χ3n) is 3.38. The van der Waals surface area contributed by atoms with Gasteiger partial charge in [-0.3, -0.25) is 4.79 Å². The molecular formula is C13H15N3O2S. The fourth-order valence-corrected chi connectivity index (χ4v) is 3.74. The fourth-order valence-electron chi connectivity index (χ4n) is 2.51. The number of carboxylic acids is 1. The maximum Gasteiger partial charge on any atom is 0.305 e. The Balaban J connectivity index is 1.95. The highest BCUT2D eigenvalue weighted by Gasteiger charge is 2.19. The number of aliphatic carboxylic acids is 1. The zero-order valence-corrected chi connectivity index (χ0v) is 11.3. The van der Waals surface area contributed by atoms with E-state index in [2.05, 4.69) is 15.3 Å². The maximum absolute atomic E-state index is 10.6. The molecule has 1 aliphatic carbocycles. The van der Waals surface area contributed by atoms with Crippen LogP contribution < -0.4 is 5.32 Å². The van der Waals surface area contributed by atoms with Crippen LogP contribution in [0.25, 0.3) is 10.2 Å². The molecule has 100 valence electrons. The van der Waals surface area contributed by atoms with Gasteiger partial charge in [-0.1, -0.05) is 0 Å². The van der Waals surface area contributed by atoms with Crippen LogP contribution in [0, 0.1) is 0 Å². The first-order valence-electron chi connectivity index (χ1n) is 6.46. The minimum absolute atomic E-state index is 0.0951. The summed E-state index contributed by atoms with van der Waals surface area (Å²) < 4.78 is 0. The second-order valence-corrected chi connectivity index (χ2v) is 5.77. The van der Waals surface area contributed by atoms with Gasteiger partial charge in [-0.2, -0.15) is 0 Å². The Labute approximate surface area is 114 Å². The molecule has 0 unspecified atom stereocenters. The van der Waals surface area contributed by atoms with Gasteiger partial charge in [-0.05, 0) is 31.2 Å². The van der Waals surface area contributed by atoms with Gasteiger partial charge in [0, 0.05) is 11.4 Å². The van der Waals surface area contributed by atoms with Gasteiger partial charge in [0.05, 0.1) is 11.8 Å². The molecule has 5 nitrogen and oxygen atoms in total. The van der Waals surface area contributed by atoms with Crippen LogP contribution in [-0.2, 0) is 17.6 Å². The molecule has 0 bridgehead atoms. The van der Waals surface area contributed by atoms with Crippen molar-refractivity contribution in [1.29, 1.82) is 0 Å². The maximum atomic E-state index is 10.6. The normalized spacial score (nSPS) is 14.3. The van der Waals surface area contributed by atoms with Gasteiger partial charge < -0.3 is 10.4 Å². The zero-order chi connectivity index (χ0) is 13.2. The largest absolute Gasteiger partial charge is 0.481 e. The zero-order valence-electron chi connectivity index (χ0n) is 10.5. The Bertz CT molecular complexity index is 624. The lowest BCUT2D eigenvalue weighted by molar-refractivity contribution is -0.136. The monoisotopic (exact) mass is 277 g/mol. The molecule has 2 N–H and O–H groups in total. The molecule has 1 aliphatic rings. The third-order valence-corrected chi connectivity index (χ3v) is 4.58. The Morgan fingerprint density at radius 2 is 2.21 bits per heavy atom. The molecule has 3 rings (SSSR count). The number of anilines is 1. The number of aryl methyl sites for hydroxylation is 2. The van der Waals surface area contributed by atoms with Gasteiger partial charge in [-0.15, -0.1) is 11.3 Å².